The molecular formula is C12H27NO. The predicted molar refractivity (Wildman–Crippen MR) is 62.6 cm³/mol. The van der Waals surface area contributed by atoms with Gasteiger partial charge in [-0.2, -0.15) is 0 Å². The van der Waals surface area contributed by atoms with E-state index in [2.05, 4.69) is 39.9 Å². The summed E-state index contributed by atoms with van der Waals surface area (Å²) in [5.74, 6) is 0. The van der Waals surface area contributed by atoms with E-state index in [0.717, 1.165) is 26.0 Å². The largest absolute Gasteiger partial charge is 0.384 e. The molecule has 14 heavy (non-hydrogen) atoms. The van der Waals surface area contributed by atoms with Gasteiger partial charge in [-0.3, -0.25) is 0 Å². The van der Waals surface area contributed by atoms with Gasteiger partial charge in [-0.25, -0.2) is 0 Å². The Kier molecular flexibility index (Phi) is 5.68. The first-order chi connectivity index (χ1) is 6.33. The zero-order chi connectivity index (χ0) is 11.2. The number of methoxy groups -OCH3 is 1. The van der Waals surface area contributed by atoms with E-state index in [1.165, 1.54) is 0 Å². The number of hydrogen-bond donors (Lipinski definition) is 1. The third kappa shape index (κ3) is 6.39. The molecule has 0 unspecified atom stereocenters. The maximum Gasteiger partial charge on any atom is 0.0513 e. The van der Waals surface area contributed by atoms with Crippen molar-refractivity contribution in [1.82, 2.24) is 5.32 Å². The Bertz CT molecular complexity index is 152. The van der Waals surface area contributed by atoms with Crippen LogP contribution in [0.2, 0.25) is 0 Å². The molecule has 0 saturated carbocycles. The molecule has 0 bridgehead atoms. The average Bonchev–Trinajstić information content (AvgIpc) is 2.03. The minimum atomic E-state index is 0.267. The number of nitrogens with one attached hydrogen (secondary N) is 1. The van der Waals surface area contributed by atoms with Gasteiger partial charge in [0.15, 0.2) is 0 Å². The van der Waals surface area contributed by atoms with Gasteiger partial charge in [0.2, 0.25) is 0 Å². The van der Waals surface area contributed by atoms with Crippen LogP contribution >= 0.6 is 0 Å². The first kappa shape index (κ1) is 13.9. The summed E-state index contributed by atoms with van der Waals surface area (Å²) in [5.41, 5.74) is 0.550. The highest BCUT2D eigenvalue weighted by atomic mass is 16.5. The van der Waals surface area contributed by atoms with Gasteiger partial charge in [0, 0.05) is 12.6 Å². The molecular weight excluding hydrogens is 174 g/mol. The predicted octanol–water partition coefficient (Wildman–Crippen LogP) is 2.83. The van der Waals surface area contributed by atoms with Crippen molar-refractivity contribution >= 4 is 0 Å². The molecule has 0 amide bonds. The van der Waals surface area contributed by atoms with E-state index in [-0.39, 0.29) is 11.0 Å². The molecule has 0 aliphatic rings. The Labute approximate surface area is 89.4 Å². The van der Waals surface area contributed by atoms with Gasteiger partial charge in [-0.1, -0.05) is 20.8 Å². The Morgan fingerprint density at radius 1 is 1.14 bits per heavy atom. The third-order valence-corrected chi connectivity index (χ3v) is 2.82. The van der Waals surface area contributed by atoms with Crippen molar-refractivity contribution in [3.8, 4) is 0 Å². The fourth-order valence-corrected chi connectivity index (χ4v) is 1.33. The molecule has 86 valence electrons. The van der Waals surface area contributed by atoms with E-state index in [1.54, 1.807) is 7.11 Å². The van der Waals surface area contributed by atoms with Crippen LogP contribution in [0.15, 0.2) is 0 Å². The van der Waals surface area contributed by atoms with E-state index < -0.39 is 0 Å². The minimum Gasteiger partial charge on any atom is -0.384 e. The highest BCUT2D eigenvalue weighted by Crippen LogP contribution is 2.20. The van der Waals surface area contributed by atoms with Gasteiger partial charge >= 0.3 is 0 Å². The first-order valence-electron chi connectivity index (χ1n) is 5.57. The number of hydrogen-bond acceptors (Lipinski definition) is 2. The Morgan fingerprint density at radius 2 is 1.71 bits per heavy atom. The summed E-state index contributed by atoms with van der Waals surface area (Å²) < 4.78 is 5.19. The maximum absolute atomic E-state index is 5.19. The molecule has 2 nitrogen and oxygen atoms in total. The fraction of sp³-hybridized carbons (Fsp3) is 1.00. The summed E-state index contributed by atoms with van der Waals surface area (Å²) >= 11 is 0. The summed E-state index contributed by atoms with van der Waals surface area (Å²) in [7, 11) is 1.77. The lowest BCUT2D eigenvalue weighted by atomic mass is 9.90. The molecule has 0 spiro atoms. The lowest BCUT2D eigenvalue weighted by Crippen LogP contribution is -2.40. The van der Waals surface area contributed by atoms with Crippen LogP contribution in [0.1, 0.15) is 47.5 Å². The second-order valence-electron chi connectivity index (χ2n) is 5.51. The monoisotopic (exact) mass is 201 g/mol. The molecule has 2 heteroatoms. The fourth-order valence-electron chi connectivity index (χ4n) is 1.33. The van der Waals surface area contributed by atoms with Gasteiger partial charge in [0.25, 0.3) is 0 Å². The highest BCUT2D eigenvalue weighted by Gasteiger charge is 2.19. The summed E-state index contributed by atoms with van der Waals surface area (Å²) in [6, 6.07) is 0. The first-order valence-corrected chi connectivity index (χ1v) is 5.57. The zero-order valence-corrected chi connectivity index (χ0v) is 10.7. The van der Waals surface area contributed by atoms with Crippen molar-refractivity contribution in [2.24, 2.45) is 5.41 Å². The normalized spacial score (nSPS) is 13.3. The zero-order valence-electron chi connectivity index (χ0n) is 10.7. The van der Waals surface area contributed by atoms with E-state index in [0.29, 0.717) is 0 Å². The van der Waals surface area contributed by atoms with E-state index >= 15 is 0 Å². The molecule has 0 aliphatic carbocycles. The van der Waals surface area contributed by atoms with Crippen molar-refractivity contribution < 1.29 is 4.74 Å². The van der Waals surface area contributed by atoms with Gasteiger partial charge in [-0.05, 0) is 38.6 Å². The van der Waals surface area contributed by atoms with Crippen molar-refractivity contribution in [2.45, 2.75) is 53.0 Å². The molecule has 0 aromatic carbocycles. The highest BCUT2D eigenvalue weighted by molar-refractivity contribution is 4.77. The van der Waals surface area contributed by atoms with Crippen LogP contribution in [0.25, 0.3) is 0 Å². The van der Waals surface area contributed by atoms with Crippen molar-refractivity contribution in [3.05, 3.63) is 0 Å². The Morgan fingerprint density at radius 3 is 2.14 bits per heavy atom. The Hall–Kier alpha value is -0.0800. The van der Waals surface area contributed by atoms with Crippen LogP contribution < -0.4 is 5.32 Å². The lowest BCUT2D eigenvalue weighted by Gasteiger charge is -2.29. The summed E-state index contributed by atoms with van der Waals surface area (Å²) in [6.45, 7) is 13.1. The molecule has 0 saturated heterocycles. The van der Waals surface area contributed by atoms with Gasteiger partial charge in [-0.15, -0.1) is 0 Å². The molecule has 0 atom stereocenters. The number of ether oxygens (including phenoxy) is 1. The van der Waals surface area contributed by atoms with Crippen LogP contribution in [-0.2, 0) is 4.74 Å². The molecule has 0 radical (unpaired) electrons. The molecule has 1 N–H and O–H groups in total. The van der Waals surface area contributed by atoms with Crippen LogP contribution in [-0.4, -0.2) is 25.8 Å². The smallest absolute Gasteiger partial charge is 0.0513 e. The third-order valence-electron chi connectivity index (χ3n) is 2.82. The van der Waals surface area contributed by atoms with E-state index in [1.807, 2.05) is 0 Å². The van der Waals surface area contributed by atoms with E-state index in [4.69, 9.17) is 4.74 Å². The second-order valence-corrected chi connectivity index (χ2v) is 5.51. The summed E-state index contributed by atoms with van der Waals surface area (Å²) in [4.78, 5) is 0. The van der Waals surface area contributed by atoms with Crippen molar-refractivity contribution in [1.29, 1.82) is 0 Å². The quantitative estimate of drug-likeness (QED) is 0.684. The minimum absolute atomic E-state index is 0.267. The topological polar surface area (TPSA) is 21.3 Å². The van der Waals surface area contributed by atoms with Crippen LogP contribution in [0.3, 0.4) is 0 Å². The average molecular weight is 201 g/mol. The molecule has 0 fully saturated rings. The van der Waals surface area contributed by atoms with Crippen molar-refractivity contribution in [3.63, 3.8) is 0 Å². The molecule has 0 rings (SSSR count). The van der Waals surface area contributed by atoms with E-state index in [9.17, 15) is 0 Å². The molecule has 0 aliphatic heterocycles. The lowest BCUT2D eigenvalue weighted by molar-refractivity contribution is 0.0965. The van der Waals surface area contributed by atoms with Crippen LogP contribution in [0.5, 0.6) is 0 Å². The summed E-state index contributed by atoms with van der Waals surface area (Å²) in [5, 5.41) is 3.57. The Balaban J connectivity index is 3.73. The van der Waals surface area contributed by atoms with Crippen LogP contribution in [0, 0.1) is 5.41 Å². The van der Waals surface area contributed by atoms with Gasteiger partial charge in [0.1, 0.15) is 0 Å². The second kappa shape index (κ2) is 5.72. The number of rotatable bonds is 7. The standard InChI is InChI=1S/C12H27NO/c1-7-12(4,5)13-9-8-11(2,3)10-14-6/h13H,7-10H2,1-6H3. The molecule has 0 aromatic rings. The van der Waals surface area contributed by atoms with Crippen LogP contribution in [0.4, 0.5) is 0 Å². The van der Waals surface area contributed by atoms with Gasteiger partial charge in [0.05, 0.1) is 6.61 Å². The molecule has 0 heterocycles. The SMILES string of the molecule is CCC(C)(C)NCCC(C)(C)COC. The van der Waals surface area contributed by atoms with Gasteiger partial charge < -0.3 is 10.1 Å². The summed E-state index contributed by atoms with van der Waals surface area (Å²) in [6.07, 6.45) is 2.32. The van der Waals surface area contributed by atoms with Crippen molar-refractivity contribution in [2.75, 3.05) is 20.3 Å². The molecule has 0 aromatic heterocycles. The maximum atomic E-state index is 5.19.